The minimum Gasteiger partial charge on any atom is -0.394 e. The zero-order chi connectivity index (χ0) is 28.8. The first-order valence-corrected chi connectivity index (χ1v) is 17.3. The number of allylic oxidation sites excluding steroid dienone is 1. The van der Waals surface area contributed by atoms with Crippen LogP contribution in [-0.4, -0.2) is 34.9 Å². The second-order valence-electron chi connectivity index (χ2n) is 12.2. The summed E-state index contributed by atoms with van der Waals surface area (Å²) < 4.78 is 0. The third-order valence-electron chi connectivity index (χ3n) is 8.31. The number of rotatable bonds is 30. The van der Waals surface area contributed by atoms with Gasteiger partial charge in [0.15, 0.2) is 0 Å². The van der Waals surface area contributed by atoms with E-state index in [1.807, 2.05) is 6.08 Å². The Balaban J connectivity index is 3.65. The summed E-state index contributed by atoms with van der Waals surface area (Å²) in [5.74, 6) is 0.818. The van der Waals surface area contributed by atoms with Crippen LogP contribution in [0.1, 0.15) is 181 Å². The SMILES string of the molecule is CCCCCCCCCCCCCCCC(=O)NC(CO)C(O)/C=C/CCCCCCCCCCC(C)CC. The van der Waals surface area contributed by atoms with Gasteiger partial charge in [0.1, 0.15) is 0 Å². The highest BCUT2D eigenvalue weighted by atomic mass is 16.3. The van der Waals surface area contributed by atoms with Gasteiger partial charge in [-0.15, -0.1) is 0 Å². The minimum atomic E-state index is -0.832. The Morgan fingerprint density at radius 3 is 1.64 bits per heavy atom. The molecule has 39 heavy (non-hydrogen) atoms. The molecule has 232 valence electrons. The van der Waals surface area contributed by atoms with E-state index in [0.717, 1.165) is 31.6 Å². The van der Waals surface area contributed by atoms with Gasteiger partial charge in [-0.3, -0.25) is 4.79 Å². The van der Waals surface area contributed by atoms with Crippen molar-refractivity contribution in [2.24, 2.45) is 5.92 Å². The molecule has 3 unspecified atom stereocenters. The third kappa shape index (κ3) is 27.1. The van der Waals surface area contributed by atoms with Crippen LogP contribution >= 0.6 is 0 Å². The Morgan fingerprint density at radius 2 is 1.15 bits per heavy atom. The largest absolute Gasteiger partial charge is 0.394 e. The number of aliphatic hydroxyl groups excluding tert-OH is 2. The summed E-state index contributed by atoms with van der Waals surface area (Å²) in [6.45, 7) is 6.66. The molecule has 0 saturated heterocycles. The number of amides is 1. The van der Waals surface area contributed by atoms with Gasteiger partial charge in [-0.2, -0.15) is 0 Å². The number of aliphatic hydroxyl groups is 2. The van der Waals surface area contributed by atoms with E-state index in [0.29, 0.717) is 6.42 Å². The number of carbonyl (C=O) groups excluding carboxylic acids is 1. The maximum absolute atomic E-state index is 12.3. The molecular formula is C35H69NO3. The molecule has 0 saturated carbocycles. The monoisotopic (exact) mass is 552 g/mol. The van der Waals surface area contributed by atoms with E-state index in [1.165, 1.54) is 128 Å². The van der Waals surface area contributed by atoms with Crippen LogP contribution in [0.5, 0.6) is 0 Å². The highest BCUT2D eigenvalue weighted by Crippen LogP contribution is 2.16. The summed E-state index contributed by atoms with van der Waals surface area (Å²) in [6.07, 6.45) is 34.2. The lowest BCUT2D eigenvalue weighted by Crippen LogP contribution is -2.45. The zero-order valence-corrected chi connectivity index (χ0v) is 26.6. The molecule has 0 aliphatic carbocycles. The van der Waals surface area contributed by atoms with Crippen molar-refractivity contribution in [2.45, 2.75) is 193 Å². The molecule has 0 aliphatic heterocycles. The quantitative estimate of drug-likeness (QED) is 0.0614. The summed E-state index contributed by atoms with van der Waals surface area (Å²) in [5.41, 5.74) is 0. The van der Waals surface area contributed by atoms with Crippen LogP contribution in [0.25, 0.3) is 0 Å². The number of carbonyl (C=O) groups is 1. The Hall–Kier alpha value is -0.870. The maximum atomic E-state index is 12.3. The Morgan fingerprint density at radius 1 is 0.692 bits per heavy atom. The fourth-order valence-corrected chi connectivity index (χ4v) is 5.21. The van der Waals surface area contributed by atoms with Crippen molar-refractivity contribution < 1.29 is 15.0 Å². The van der Waals surface area contributed by atoms with E-state index in [9.17, 15) is 15.0 Å². The van der Waals surface area contributed by atoms with Crippen LogP contribution in [-0.2, 0) is 4.79 Å². The van der Waals surface area contributed by atoms with Crippen molar-refractivity contribution in [3.63, 3.8) is 0 Å². The highest BCUT2D eigenvalue weighted by molar-refractivity contribution is 5.76. The second-order valence-corrected chi connectivity index (χ2v) is 12.2. The summed E-state index contributed by atoms with van der Waals surface area (Å²) >= 11 is 0. The fourth-order valence-electron chi connectivity index (χ4n) is 5.21. The van der Waals surface area contributed by atoms with Gasteiger partial charge < -0.3 is 15.5 Å². The van der Waals surface area contributed by atoms with E-state index < -0.39 is 12.1 Å². The van der Waals surface area contributed by atoms with E-state index >= 15 is 0 Å². The molecule has 0 heterocycles. The van der Waals surface area contributed by atoms with Crippen molar-refractivity contribution in [2.75, 3.05) is 6.61 Å². The topological polar surface area (TPSA) is 69.6 Å². The fraction of sp³-hybridized carbons (Fsp3) is 0.914. The molecule has 0 bridgehead atoms. The van der Waals surface area contributed by atoms with Crippen molar-refractivity contribution in [1.82, 2.24) is 5.32 Å². The molecule has 0 fully saturated rings. The summed E-state index contributed by atoms with van der Waals surface area (Å²) in [5, 5.41) is 22.8. The van der Waals surface area contributed by atoms with Crippen molar-refractivity contribution >= 4 is 5.91 Å². The maximum Gasteiger partial charge on any atom is 0.220 e. The number of hydrogen-bond acceptors (Lipinski definition) is 3. The van der Waals surface area contributed by atoms with E-state index in [2.05, 4.69) is 26.1 Å². The van der Waals surface area contributed by atoms with Crippen LogP contribution in [0.3, 0.4) is 0 Å². The zero-order valence-electron chi connectivity index (χ0n) is 26.6. The van der Waals surface area contributed by atoms with Gasteiger partial charge in [0.2, 0.25) is 5.91 Å². The van der Waals surface area contributed by atoms with Crippen LogP contribution in [0, 0.1) is 5.92 Å². The lowest BCUT2D eigenvalue weighted by Gasteiger charge is -2.20. The molecule has 4 heteroatoms. The predicted molar refractivity (Wildman–Crippen MR) is 170 cm³/mol. The minimum absolute atomic E-state index is 0.0653. The molecule has 1 amide bonds. The molecule has 3 atom stereocenters. The molecule has 0 aliphatic rings. The van der Waals surface area contributed by atoms with Gasteiger partial charge in [0.25, 0.3) is 0 Å². The average molecular weight is 552 g/mol. The Kier molecular flexibility index (Phi) is 29.4. The standard InChI is InChI=1S/C35H69NO3/c1-4-6-7-8-9-10-11-12-13-18-21-24-27-30-35(39)36-33(31-37)34(38)29-26-23-20-17-15-14-16-19-22-25-28-32(3)5-2/h26,29,32-34,37-38H,4-25,27-28,30-31H2,1-3H3,(H,36,39)/b29-26+. The van der Waals surface area contributed by atoms with E-state index in [-0.39, 0.29) is 12.5 Å². The smallest absolute Gasteiger partial charge is 0.220 e. The molecule has 4 nitrogen and oxygen atoms in total. The molecule has 0 aromatic heterocycles. The van der Waals surface area contributed by atoms with Crippen LogP contribution in [0.4, 0.5) is 0 Å². The second kappa shape index (κ2) is 30.1. The normalized spacial score (nSPS) is 14.1. The van der Waals surface area contributed by atoms with Gasteiger partial charge in [0, 0.05) is 6.42 Å². The van der Waals surface area contributed by atoms with Crippen LogP contribution in [0.2, 0.25) is 0 Å². The van der Waals surface area contributed by atoms with E-state index in [1.54, 1.807) is 6.08 Å². The van der Waals surface area contributed by atoms with Crippen molar-refractivity contribution in [3.8, 4) is 0 Å². The molecule has 0 aromatic rings. The first-order chi connectivity index (χ1) is 19.0. The first-order valence-electron chi connectivity index (χ1n) is 17.3. The number of hydrogen-bond donors (Lipinski definition) is 3. The first kappa shape index (κ1) is 38.1. The van der Waals surface area contributed by atoms with Gasteiger partial charge in [-0.05, 0) is 25.2 Å². The molecule has 3 N–H and O–H groups in total. The van der Waals surface area contributed by atoms with Gasteiger partial charge in [-0.25, -0.2) is 0 Å². The lowest BCUT2D eigenvalue weighted by atomic mass is 9.99. The predicted octanol–water partition coefficient (Wildman–Crippen LogP) is 9.81. The molecule has 0 aromatic carbocycles. The summed E-state index contributed by atoms with van der Waals surface area (Å²) in [4.78, 5) is 12.3. The number of nitrogens with one attached hydrogen (secondary N) is 1. The Bertz CT molecular complexity index is 536. The number of unbranched alkanes of at least 4 members (excludes halogenated alkanes) is 20. The van der Waals surface area contributed by atoms with Gasteiger partial charge >= 0.3 is 0 Å². The van der Waals surface area contributed by atoms with Crippen LogP contribution in [0.15, 0.2) is 12.2 Å². The highest BCUT2D eigenvalue weighted by Gasteiger charge is 2.17. The summed E-state index contributed by atoms with van der Waals surface area (Å²) in [6, 6.07) is -0.615. The van der Waals surface area contributed by atoms with E-state index in [4.69, 9.17) is 0 Å². The van der Waals surface area contributed by atoms with Crippen LogP contribution < -0.4 is 5.32 Å². The van der Waals surface area contributed by atoms with Gasteiger partial charge in [-0.1, -0.05) is 168 Å². The average Bonchev–Trinajstić information content (AvgIpc) is 2.94. The molecule has 0 rings (SSSR count). The molecular weight excluding hydrogens is 482 g/mol. The van der Waals surface area contributed by atoms with Crippen molar-refractivity contribution in [1.29, 1.82) is 0 Å². The lowest BCUT2D eigenvalue weighted by molar-refractivity contribution is -0.123. The summed E-state index contributed by atoms with van der Waals surface area (Å²) in [7, 11) is 0. The molecule has 0 radical (unpaired) electrons. The van der Waals surface area contributed by atoms with Gasteiger partial charge in [0.05, 0.1) is 18.8 Å². The third-order valence-corrected chi connectivity index (χ3v) is 8.31. The van der Waals surface area contributed by atoms with Crippen molar-refractivity contribution in [3.05, 3.63) is 12.2 Å². The Labute approximate surface area is 244 Å². The molecule has 0 spiro atoms.